The summed E-state index contributed by atoms with van der Waals surface area (Å²) in [5.74, 6) is -0.767. The number of hydrogen-bond acceptors (Lipinski definition) is 3. The molecule has 0 aliphatic carbocycles. The third-order valence-electron chi connectivity index (χ3n) is 4.78. The second-order valence-corrected chi connectivity index (χ2v) is 6.58. The summed E-state index contributed by atoms with van der Waals surface area (Å²) in [6.45, 7) is 2.88. The van der Waals surface area contributed by atoms with Crippen LogP contribution in [0.1, 0.15) is 27.0 Å². The van der Waals surface area contributed by atoms with Crippen molar-refractivity contribution in [2.24, 2.45) is 0 Å². The molecular weight excluding hydrogens is 374 g/mol. The predicted octanol–water partition coefficient (Wildman–Crippen LogP) is 3.99. The fraction of sp³-hybridized carbons (Fsp3) is 0.300. The van der Waals surface area contributed by atoms with Crippen molar-refractivity contribution < 1.29 is 22.4 Å². The van der Waals surface area contributed by atoms with Gasteiger partial charge in [-0.2, -0.15) is 18.4 Å². The maximum Gasteiger partial charge on any atom is 0.417 e. The Kier molecular flexibility index (Phi) is 5.27. The molecule has 1 heterocycles. The number of nitrogens with zero attached hydrogens (tertiary/aromatic N) is 3. The number of alkyl halides is 3. The Morgan fingerprint density at radius 1 is 1.07 bits per heavy atom. The number of anilines is 1. The molecule has 0 atom stereocenters. The first-order valence-electron chi connectivity index (χ1n) is 8.62. The highest BCUT2D eigenvalue weighted by molar-refractivity contribution is 5.94. The van der Waals surface area contributed by atoms with E-state index in [9.17, 15) is 22.4 Å². The van der Waals surface area contributed by atoms with Crippen LogP contribution in [-0.2, 0) is 6.18 Å². The van der Waals surface area contributed by atoms with Crippen molar-refractivity contribution in [3.8, 4) is 6.07 Å². The maximum absolute atomic E-state index is 13.7. The van der Waals surface area contributed by atoms with Crippen molar-refractivity contribution >= 4 is 11.6 Å². The Balaban J connectivity index is 1.72. The van der Waals surface area contributed by atoms with Gasteiger partial charge in [0.25, 0.3) is 5.91 Å². The van der Waals surface area contributed by atoms with E-state index in [1.807, 2.05) is 0 Å². The van der Waals surface area contributed by atoms with E-state index < -0.39 is 23.1 Å². The molecule has 8 heteroatoms. The molecule has 1 aliphatic heterocycles. The lowest BCUT2D eigenvalue weighted by Gasteiger charge is -2.36. The first kappa shape index (κ1) is 19.7. The number of hydrogen-bond donors (Lipinski definition) is 0. The highest BCUT2D eigenvalue weighted by atomic mass is 19.4. The van der Waals surface area contributed by atoms with Crippen LogP contribution in [0.25, 0.3) is 0 Å². The van der Waals surface area contributed by atoms with Crippen LogP contribution in [0, 0.1) is 24.1 Å². The number of carbonyl (C=O) groups is 1. The van der Waals surface area contributed by atoms with E-state index in [0.29, 0.717) is 37.4 Å². The van der Waals surface area contributed by atoms with Gasteiger partial charge in [0.2, 0.25) is 0 Å². The number of piperazine rings is 1. The van der Waals surface area contributed by atoms with E-state index in [2.05, 4.69) is 0 Å². The number of benzene rings is 2. The summed E-state index contributed by atoms with van der Waals surface area (Å²) in [5.41, 5.74) is -0.357. The third kappa shape index (κ3) is 3.93. The van der Waals surface area contributed by atoms with E-state index in [4.69, 9.17) is 5.26 Å². The van der Waals surface area contributed by atoms with Crippen LogP contribution in [0.4, 0.5) is 23.2 Å². The number of rotatable bonds is 2. The van der Waals surface area contributed by atoms with Crippen molar-refractivity contribution in [1.82, 2.24) is 4.90 Å². The van der Waals surface area contributed by atoms with Gasteiger partial charge in [0, 0.05) is 37.4 Å². The topological polar surface area (TPSA) is 47.3 Å². The van der Waals surface area contributed by atoms with Gasteiger partial charge >= 0.3 is 6.18 Å². The lowest BCUT2D eigenvalue weighted by molar-refractivity contribution is -0.137. The molecule has 146 valence electrons. The zero-order valence-corrected chi connectivity index (χ0v) is 15.1. The van der Waals surface area contributed by atoms with Crippen molar-refractivity contribution in [2.75, 3.05) is 31.1 Å². The van der Waals surface area contributed by atoms with Gasteiger partial charge in [-0.25, -0.2) is 4.39 Å². The molecule has 0 radical (unpaired) electrons. The Morgan fingerprint density at radius 3 is 2.32 bits per heavy atom. The average Bonchev–Trinajstić information content (AvgIpc) is 2.68. The first-order chi connectivity index (χ1) is 13.2. The predicted molar refractivity (Wildman–Crippen MR) is 95.4 cm³/mol. The molecular formula is C20H17F4N3O. The van der Waals surface area contributed by atoms with E-state index in [0.717, 1.165) is 12.1 Å². The molecule has 0 unspecified atom stereocenters. The summed E-state index contributed by atoms with van der Waals surface area (Å²) in [6.07, 6.45) is -4.62. The van der Waals surface area contributed by atoms with E-state index in [1.165, 1.54) is 18.2 Å². The SMILES string of the molecule is Cc1ccc(C(=O)N2CCN(c3ccc(C#N)c(C(F)(F)F)c3)CC2)cc1F. The summed E-state index contributed by atoms with van der Waals surface area (Å²) in [6, 6.07) is 9.44. The largest absolute Gasteiger partial charge is 0.417 e. The normalized spacial score (nSPS) is 14.7. The molecule has 2 aromatic rings. The number of nitriles is 1. The summed E-state index contributed by atoms with van der Waals surface area (Å²) in [5, 5.41) is 8.89. The standard InChI is InChI=1S/C20H17F4N3O/c1-13-2-3-14(10-18(13)21)19(28)27-8-6-26(7-9-27)16-5-4-15(12-25)17(11-16)20(22,23)24/h2-5,10-11H,6-9H2,1H3. The van der Waals surface area contributed by atoms with E-state index in [1.54, 1.807) is 28.9 Å². The van der Waals surface area contributed by atoms with Crippen LogP contribution in [-0.4, -0.2) is 37.0 Å². The van der Waals surface area contributed by atoms with Crippen LogP contribution in [0.15, 0.2) is 36.4 Å². The molecule has 3 rings (SSSR count). The second kappa shape index (κ2) is 7.50. The molecule has 0 aromatic heterocycles. The second-order valence-electron chi connectivity index (χ2n) is 6.58. The quantitative estimate of drug-likeness (QED) is 0.728. The molecule has 1 amide bonds. The third-order valence-corrected chi connectivity index (χ3v) is 4.78. The summed E-state index contributed by atoms with van der Waals surface area (Å²) < 4.78 is 53.1. The van der Waals surface area contributed by atoms with Crippen LogP contribution >= 0.6 is 0 Å². The molecule has 4 nitrogen and oxygen atoms in total. The zero-order valence-electron chi connectivity index (χ0n) is 15.1. The molecule has 2 aromatic carbocycles. The smallest absolute Gasteiger partial charge is 0.368 e. The highest BCUT2D eigenvalue weighted by Gasteiger charge is 2.34. The lowest BCUT2D eigenvalue weighted by atomic mass is 10.1. The van der Waals surface area contributed by atoms with Crippen molar-refractivity contribution in [1.29, 1.82) is 5.26 Å². The summed E-state index contributed by atoms with van der Waals surface area (Å²) in [4.78, 5) is 15.8. The Morgan fingerprint density at radius 2 is 1.75 bits per heavy atom. The molecule has 0 saturated carbocycles. The van der Waals surface area contributed by atoms with Gasteiger partial charge in [0.05, 0.1) is 17.2 Å². The molecule has 0 N–H and O–H groups in total. The molecule has 1 fully saturated rings. The van der Waals surface area contributed by atoms with Gasteiger partial charge in [0.1, 0.15) is 5.82 Å². The van der Waals surface area contributed by atoms with E-state index >= 15 is 0 Å². The van der Waals surface area contributed by atoms with Crippen molar-refractivity contribution in [3.63, 3.8) is 0 Å². The van der Waals surface area contributed by atoms with E-state index in [-0.39, 0.29) is 11.5 Å². The number of aryl methyl sites for hydroxylation is 1. The Hall–Kier alpha value is -3.08. The van der Waals surface area contributed by atoms with Crippen molar-refractivity contribution in [2.45, 2.75) is 13.1 Å². The minimum atomic E-state index is -4.62. The molecule has 1 saturated heterocycles. The van der Waals surface area contributed by atoms with Crippen molar-refractivity contribution in [3.05, 3.63) is 64.5 Å². The summed E-state index contributed by atoms with van der Waals surface area (Å²) >= 11 is 0. The number of halogens is 4. The minimum absolute atomic E-state index is 0.245. The van der Waals surface area contributed by atoms with Crippen LogP contribution in [0.2, 0.25) is 0 Å². The van der Waals surface area contributed by atoms with Crippen LogP contribution < -0.4 is 4.90 Å². The number of amides is 1. The molecule has 0 spiro atoms. The summed E-state index contributed by atoms with van der Waals surface area (Å²) in [7, 11) is 0. The zero-order chi connectivity index (χ0) is 20.5. The van der Waals surface area contributed by atoms with Crippen LogP contribution in [0.5, 0.6) is 0 Å². The van der Waals surface area contributed by atoms with Crippen LogP contribution in [0.3, 0.4) is 0 Å². The monoisotopic (exact) mass is 391 g/mol. The van der Waals surface area contributed by atoms with Gasteiger partial charge < -0.3 is 9.80 Å². The van der Waals surface area contributed by atoms with Gasteiger partial charge in [-0.3, -0.25) is 4.79 Å². The minimum Gasteiger partial charge on any atom is -0.368 e. The Labute approximate surface area is 159 Å². The lowest BCUT2D eigenvalue weighted by Crippen LogP contribution is -2.48. The Bertz CT molecular complexity index is 941. The van der Waals surface area contributed by atoms with Gasteiger partial charge in [-0.1, -0.05) is 6.07 Å². The fourth-order valence-corrected chi connectivity index (χ4v) is 3.14. The average molecular weight is 391 g/mol. The maximum atomic E-state index is 13.7. The molecule has 1 aliphatic rings. The van der Waals surface area contributed by atoms with Gasteiger partial charge in [0.15, 0.2) is 0 Å². The van der Waals surface area contributed by atoms with Gasteiger partial charge in [-0.15, -0.1) is 0 Å². The number of carbonyl (C=O) groups excluding carboxylic acids is 1. The van der Waals surface area contributed by atoms with Gasteiger partial charge in [-0.05, 0) is 42.8 Å². The fourth-order valence-electron chi connectivity index (χ4n) is 3.14. The highest BCUT2D eigenvalue weighted by Crippen LogP contribution is 2.34. The molecule has 0 bridgehead atoms. The molecule has 28 heavy (non-hydrogen) atoms. The first-order valence-corrected chi connectivity index (χ1v) is 8.62.